The van der Waals surface area contributed by atoms with E-state index in [-0.39, 0.29) is 42.0 Å². The molecule has 4 heterocycles. The molecule has 0 radical (unpaired) electrons. The number of anilines is 1. The normalized spacial score (nSPS) is 21.8. The Morgan fingerprint density at radius 3 is 2.56 bits per heavy atom. The van der Waals surface area contributed by atoms with Gasteiger partial charge in [0.2, 0.25) is 0 Å². The van der Waals surface area contributed by atoms with Crippen molar-refractivity contribution in [3.05, 3.63) is 64.4 Å². The minimum absolute atomic E-state index is 0.0226. The van der Waals surface area contributed by atoms with Crippen molar-refractivity contribution in [2.24, 2.45) is 0 Å². The number of piperidine rings is 1. The lowest BCUT2D eigenvalue weighted by atomic mass is 9.99. The number of terminal acetylenes is 1. The number of hydrogen-bond acceptors (Lipinski definition) is 8. The largest absolute Gasteiger partial charge is 0.465 e. The second-order valence-electron chi connectivity index (χ2n) is 10.9. The Hall–Kier alpha value is -3.81. The molecular weight excluding hydrogens is 548 g/mol. The molecule has 2 aliphatic heterocycles. The SMILES string of the molecule is C#Cc1cc(C(=O)OC)cc2sc(N3[C@@H]4CC[C@H]3CC(OCc3c(-c5c(F)cccc5F)noc3C3CC3)C4)nc12. The summed E-state index contributed by atoms with van der Waals surface area (Å²) in [6.45, 7) is 0.186. The van der Waals surface area contributed by atoms with Crippen LogP contribution in [0.15, 0.2) is 34.9 Å². The number of thiazole rings is 1. The maximum Gasteiger partial charge on any atom is 0.337 e. The molecular formula is C31H27F2N3O4S. The van der Waals surface area contributed by atoms with Gasteiger partial charge in [0.1, 0.15) is 23.1 Å². The molecule has 7 rings (SSSR count). The van der Waals surface area contributed by atoms with E-state index in [1.807, 2.05) is 0 Å². The third-order valence-corrected chi connectivity index (χ3v) is 9.42. The Bertz CT molecular complexity index is 1670. The molecule has 210 valence electrons. The number of halogens is 2. The van der Waals surface area contributed by atoms with Crippen molar-refractivity contribution < 1.29 is 27.6 Å². The molecule has 7 nitrogen and oxygen atoms in total. The maximum absolute atomic E-state index is 14.6. The molecule has 3 fully saturated rings. The number of rotatable bonds is 7. The summed E-state index contributed by atoms with van der Waals surface area (Å²) in [5.74, 6) is 1.77. The van der Waals surface area contributed by atoms with Gasteiger partial charge in [-0.25, -0.2) is 18.6 Å². The predicted molar refractivity (Wildman–Crippen MR) is 150 cm³/mol. The summed E-state index contributed by atoms with van der Waals surface area (Å²) >= 11 is 1.53. The Labute approximate surface area is 239 Å². The van der Waals surface area contributed by atoms with Crippen molar-refractivity contribution in [1.29, 1.82) is 0 Å². The van der Waals surface area contributed by atoms with Gasteiger partial charge >= 0.3 is 5.97 Å². The van der Waals surface area contributed by atoms with Crippen LogP contribution in [-0.2, 0) is 16.1 Å². The molecule has 3 aliphatic rings. The molecule has 4 aromatic rings. The molecule has 1 aliphatic carbocycles. The van der Waals surface area contributed by atoms with Crippen molar-refractivity contribution in [3.63, 3.8) is 0 Å². The highest BCUT2D eigenvalue weighted by Crippen LogP contribution is 2.46. The quantitative estimate of drug-likeness (QED) is 0.182. The van der Waals surface area contributed by atoms with Crippen LogP contribution in [0.1, 0.15) is 71.7 Å². The first-order valence-electron chi connectivity index (χ1n) is 13.8. The lowest BCUT2D eigenvalue weighted by molar-refractivity contribution is 0.0147. The zero-order valence-electron chi connectivity index (χ0n) is 22.4. The zero-order chi connectivity index (χ0) is 28.2. The lowest BCUT2D eigenvalue weighted by Crippen LogP contribution is -2.45. The topological polar surface area (TPSA) is 77.7 Å². The van der Waals surface area contributed by atoms with Crippen LogP contribution >= 0.6 is 11.3 Å². The highest BCUT2D eigenvalue weighted by molar-refractivity contribution is 7.22. The fourth-order valence-electron chi connectivity index (χ4n) is 6.30. The van der Waals surface area contributed by atoms with E-state index in [4.69, 9.17) is 25.4 Å². The van der Waals surface area contributed by atoms with Crippen molar-refractivity contribution in [2.45, 2.75) is 69.2 Å². The van der Waals surface area contributed by atoms with Crippen LogP contribution in [0, 0.1) is 24.0 Å². The molecule has 2 bridgehead atoms. The Balaban J connectivity index is 1.11. The lowest BCUT2D eigenvalue weighted by Gasteiger charge is -2.38. The van der Waals surface area contributed by atoms with Gasteiger partial charge in [-0.15, -0.1) is 6.42 Å². The number of benzene rings is 2. The first-order valence-corrected chi connectivity index (χ1v) is 14.6. The van der Waals surface area contributed by atoms with E-state index in [1.54, 1.807) is 12.1 Å². The molecule has 10 heteroatoms. The van der Waals surface area contributed by atoms with Crippen LogP contribution in [0.25, 0.3) is 21.5 Å². The van der Waals surface area contributed by atoms with Gasteiger partial charge in [0.05, 0.1) is 46.7 Å². The minimum atomic E-state index is -0.671. The van der Waals surface area contributed by atoms with Crippen molar-refractivity contribution in [2.75, 3.05) is 12.0 Å². The number of esters is 1. The van der Waals surface area contributed by atoms with Gasteiger partial charge in [0.15, 0.2) is 5.13 Å². The number of fused-ring (bicyclic) bond motifs is 3. The number of ether oxygens (including phenoxy) is 2. The second kappa shape index (κ2) is 10.2. The fraction of sp³-hybridized carbons (Fsp3) is 0.387. The Morgan fingerprint density at radius 1 is 1.17 bits per heavy atom. The average Bonchev–Trinajstić information content (AvgIpc) is 3.50. The molecule has 2 saturated heterocycles. The summed E-state index contributed by atoms with van der Waals surface area (Å²) in [6.07, 6.45) is 11.3. The van der Waals surface area contributed by atoms with Gasteiger partial charge in [-0.05, 0) is 62.8 Å². The molecule has 2 aromatic heterocycles. The molecule has 0 spiro atoms. The van der Waals surface area contributed by atoms with E-state index in [1.165, 1.54) is 36.6 Å². The second-order valence-corrected chi connectivity index (χ2v) is 12.0. The third-order valence-electron chi connectivity index (χ3n) is 8.40. The Kier molecular flexibility index (Phi) is 6.51. The summed E-state index contributed by atoms with van der Waals surface area (Å²) in [5, 5.41) is 4.98. The molecule has 2 aromatic carbocycles. The van der Waals surface area contributed by atoms with Gasteiger partial charge in [0, 0.05) is 23.6 Å². The highest BCUT2D eigenvalue weighted by atomic mass is 32.1. The maximum atomic E-state index is 14.6. The Morgan fingerprint density at radius 2 is 1.90 bits per heavy atom. The summed E-state index contributed by atoms with van der Waals surface area (Å²) < 4.78 is 47.1. The van der Waals surface area contributed by atoms with E-state index < -0.39 is 17.6 Å². The van der Waals surface area contributed by atoms with Gasteiger partial charge in [-0.1, -0.05) is 28.5 Å². The van der Waals surface area contributed by atoms with Crippen molar-refractivity contribution in [1.82, 2.24) is 10.1 Å². The monoisotopic (exact) mass is 575 g/mol. The summed E-state index contributed by atoms with van der Waals surface area (Å²) in [5.41, 5.74) is 2.35. The number of aromatic nitrogens is 2. The molecule has 0 amide bonds. The molecule has 3 atom stereocenters. The van der Waals surface area contributed by atoms with Crippen LogP contribution < -0.4 is 4.90 Å². The van der Waals surface area contributed by atoms with Gasteiger partial charge in [0.25, 0.3) is 0 Å². The molecule has 41 heavy (non-hydrogen) atoms. The van der Waals surface area contributed by atoms with Crippen LogP contribution in [-0.4, -0.2) is 41.4 Å². The zero-order valence-corrected chi connectivity index (χ0v) is 23.2. The number of carbonyl (C=O) groups is 1. The number of methoxy groups -OCH3 is 1. The molecule has 1 saturated carbocycles. The minimum Gasteiger partial charge on any atom is -0.465 e. The van der Waals surface area contributed by atoms with Crippen LogP contribution in [0.4, 0.5) is 13.9 Å². The molecule has 0 N–H and O–H groups in total. The van der Waals surface area contributed by atoms with Crippen molar-refractivity contribution >= 4 is 32.7 Å². The predicted octanol–water partition coefficient (Wildman–Crippen LogP) is 6.59. The number of nitrogens with zero attached hydrogens (tertiary/aromatic N) is 3. The summed E-state index contributed by atoms with van der Waals surface area (Å²) in [4.78, 5) is 19.4. The number of carbonyl (C=O) groups excluding carboxylic acids is 1. The first-order chi connectivity index (χ1) is 19.9. The van der Waals surface area contributed by atoms with Gasteiger partial charge < -0.3 is 18.9 Å². The van der Waals surface area contributed by atoms with Gasteiger partial charge in [-0.2, -0.15) is 0 Å². The third kappa shape index (κ3) is 4.57. The van der Waals surface area contributed by atoms with Crippen LogP contribution in [0.5, 0.6) is 0 Å². The van der Waals surface area contributed by atoms with E-state index in [9.17, 15) is 13.6 Å². The number of hydrogen-bond donors (Lipinski definition) is 0. The first kappa shape index (κ1) is 26.1. The average molecular weight is 576 g/mol. The summed E-state index contributed by atoms with van der Waals surface area (Å²) in [7, 11) is 1.35. The van der Waals surface area contributed by atoms with E-state index in [0.29, 0.717) is 28.0 Å². The van der Waals surface area contributed by atoms with Crippen molar-refractivity contribution in [3.8, 4) is 23.6 Å². The smallest absolute Gasteiger partial charge is 0.337 e. The standard InChI is InChI=1S/C31H27F2N3O4S/c1-3-16-11-18(30(37)38-2)12-25-27(16)34-31(41-25)36-19-9-10-20(36)14-21(13-19)39-15-22-28(35-40-29(22)17-7-8-17)26-23(32)5-4-6-24(26)33/h1,4-6,11-12,17,19-21H,7-10,13-15H2,2H3/t19-,20+,21?. The highest BCUT2D eigenvalue weighted by Gasteiger charge is 2.43. The van der Waals surface area contributed by atoms with Crippen LogP contribution in [0.3, 0.4) is 0 Å². The van der Waals surface area contributed by atoms with E-state index >= 15 is 0 Å². The van der Waals surface area contributed by atoms with Crippen LogP contribution in [0.2, 0.25) is 0 Å². The molecule has 1 unspecified atom stereocenters. The van der Waals surface area contributed by atoms with E-state index in [2.05, 4.69) is 16.0 Å². The fourth-order valence-corrected chi connectivity index (χ4v) is 7.47. The van der Waals surface area contributed by atoms with Gasteiger partial charge in [-0.3, -0.25) is 0 Å². The summed E-state index contributed by atoms with van der Waals surface area (Å²) in [6, 6.07) is 7.71. The van der Waals surface area contributed by atoms with E-state index in [0.717, 1.165) is 48.4 Å².